The van der Waals surface area contributed by atoms with Crippen molar-refractivity contribution >= 4 is 17.6 Å². The van der Waals surface area contributed by atoms with Gasteiger partial charge in [-0.1, -0.05) is 44.9 Å². The van der Waals surface area contributed by atoms with Crippen LogP contribution in [0.3, 0.4) is 0 Å². The van der Waals surface area contributed by atoms with Gasteiger partial charge in [0, 0.05) is 6.42 Å². The van der Waals surface area contributed by atoms with Gasteiger partial charge in [-0.25, -0.2) is 0 Å². The number of carbonyl (C=O) groups excluding carboxylic acids is 1. The smallest absolute Gasteiger partial charge is 0.306 e. The first-order chi connectivity index (χ1) is 10.0. The van der Waals surface area contributed by atoms with Gasteiger partial charge < -0.3 is 5.11 Å². The number of para-hydroxylation sites is 1. The van der Waals surface area contributed by atoms with E-state index >= 15 is 0 Å². The van der Waals surface area contributed by atoms with Crippen molar-refractivity contribution in [3.63, 3.8) is 0 Å². The second kappa shape index (κ2) is 9.00. The molecule has 5 nitrogen and oxygen atoms in total. The predicted octanol–water partition coefficient (Wildman–Crippen LogP) is 3.05. The average molecular weight is 292 g/mol. The van der Waals surface area contributed by atoms with Crippen LogP contribution in [0, 0.1) is 11.8 Å². The lowest BCUT2D eigenvalue weighted by Gasteiger charge is -2.19. The van der Waals surface area contributed by atoms with Crippen molar-refractivity contribution in [3.8, 4) is 0 Å². The Bertz CT molecular complexity index is 448. The normalized spacial score (nSPS) is 13.2. The Labute approximate surface area is 125 Å². The van der Waals surface area contributed by atoms with E-state index in [0.29, 0.717) is 6.42 Å². The molecule has 0 saturated heterocycles. The zero-order valence-electron chi connectivity index (χ0n) is 12.6. The molecule has 0 aliphatic heterocycles. The van der Waals surface area contributed by atoms with Crippen LogP contribution in [0.1, 0.15) is 39.5 Å². The highest BCUT2D eigenvalue weighted by molar-refractivity contribution is 5.79. The number of nitrogens with one attached hydrogen (secondary N) is 2. The Morgan fingerprint density at radius 3 is 2.48 bits per heavy atom. The molecule has 0 heterocycles. The van der Waals surface area contributed by atoms with Gasteiger partial charge in [0.05, 0.1) is 11.6 Å². The fraction of sp³-hybridized carbons (Fsp3) is 0.500. The van der Waals surface area contributed by atoms with E-state index < -0.39 is 11.9 Å². The van der Waals surface area contributed by atoms with Crippen molar-refractivity contribution < 1.29 is 14.7 Å². The van der Waals surface area contributed by atoms with Gasteiger partial charge in [0.15, 0.2) is 0 Å². The van der Waals surface area contributed by atoms with Gasteiger partial charge in [-0.15, -0.1) is 0 Å². The van der Waals surface area contributed by atoms with Gasteiger partial charge in [0.2, 0.25) is 5.91 Å². The van der Waals surface area contributed by atoms with Crippen LogP contribution >= 0.6 is 0 Å². The maximum Gasteiger partial charge on any atom is 0.306 e. The molecule has 3 N–H and O–H groups in total. The molecule has 0 radical (unpaired) electrons. The number of aliphatic carboxylic acids is 1. The minimum atomic E-state index is -0.820. The number of benzene rings is 1. The van der Waals surface area contributed by atoms with Gasteiger partial charge in [0.1, 0.15) is 0 Å². The zero-order chi connectivity index (χ0) is 15.7. The number of unbranched alkanes of at least 4 members (excludes halogenated alkanes) is 1. The molecular weight excluding hydrogens is 268 g/mol. The Hall–Kier alpha value is -2.04. The van der Waals surface area contributed by atoms with E-state index in [-0.39, 0.29) is 18.2 Å². The number of hydrogen-bond donors (Lipinski definition) is 3. The standard InChI is InChI=1S/C16H24N2O3/c1-3-4-10-14(16(20)21)12(2)11-15(19)18-17-13-8-6-5-7-9-13/h5-9,12,14,17H,3-4,10-11H2,1-2H3,(H,18,19)(H,20,21)/t12-,14-/m0/s1. The third-order valence-electron chi connectivity index (χ3n) is 3.50. The molecule has 0 fully saturated rings. The van der Waals surface area contributed by atoms with Crippen molar-refractivity contribution in [2.24, 2.45) is 11.8 Å². The molecule has 1 aromatic rings. The van der Waals surface area contributed by atoms with E-state index in [4.69, 9.17) is 0 Å². The SMILES string of the molecule is CCCC[C@H](C(=O)O)[C@@H](C)CC(=O)NNc1ccccc1. The lowest BCUT2D eigenvalue weighted by Crippen LogP contribution is -2.33. The van der Waals surface area contributed by atoms with Gasteiger partial charge in [-0.2, -0.15) is 0 Å². The molecule has 1 rings (SSSR count). The first-order valence-electron chi connectivity index (χ1n) is 7.37. The molecule has 1 amide bonds. The van der Waals surface area contributed by atoms with E-state index in [0.717, 1.165) is 18.5 Å². The Balaban J connectivity index is 2.42. The fourth-order valence-electron chi connectivity index (χ4n) is 2.22. The summed E-state index contributed by atoms with van der Waals surface area (Å²) in [6.07, 6.45) is 2.64. The van der Waals surface area contributed by atoms with Crippen LogP contribution in [-0.2, 0) is 9.59 Å². The minimum Gasteiger partial charge on any atom is -0.481 e. The summed E-state index contributed by atoms with van der Waals surface area (Å²) in [5, 5.41) is 9.24. The number of carboxylic acid groups (broad SMARTS) is 1. The van der Waals surface area contributed by atoms with E-state index in [1.54, 1.807) is 0 Å². The lowest BCUT2D eigenvalue weighted by atomic mass is 9.87. The summed E-state index contributed by atoms with van der Waals surface area (Å²) in [7, 11) is 0. The number of amides is 1. The quantitative estimate of drug-likeness (QED) is 0.611. The van der Waals surface area contributed by atoms with Crippen molar-refractivity contribution in [2.45, 2.75) is 39.5 Å². The largest absolute Gasteiger partial charge is 0.481 e. The number of carbonyl (C=O) groups is 2. The number of hydrogen-bond acceptors (Lipinski definition) is 3. The monoisotopic (exact) mass is 292 g/mol. The molecular formula is C16H24N2O3. The van der Waals surface area contributed by atoms with Gasteiger partial charge in [0.25, 0.3) is 0 Å². The van der Waals surface area contributed by atoms with Crippen molar-refractivity contribution in [1.82, 2.24) is 5.43 Å². The third kappa shape index (κ3) is 6.29. The maximum atomic E-state index is 11.9. The van der Waals surface area contributed by atoms with Crippen LogP contribution < -0.4 is 10.9 Å². The topological polar surface area (TPSA) is 78.4 Å². The molecule has 1 aromatic carbocycles. The molecule has 0 spiro atoms. The summed E-state index contributed by atoms with van der Waals surface area (Å²) in [6.45, 7) is 3.84. The van der Waals surface area contributed by atoms with Crippen molar-refractivity contribution in [1.29, 1.82) is 0 Å². The van der Waals surface area contributed by atoms with Gasteiger partial charge in [-0.3, -0.25) is 20.4 Å². The number of anilines is 1. The van der Waals surface area contributed by atoms with Crippen molar-refractivity contribution in [2.75, 3.05) is 5.43 Å². The molecule has 0 saturated carbocycles. The van der Waals surface area contributed by atoms with Crippen LogP contribution in [0.25, 0.3) is 0 Å². The summed E-state index contributed by atoms with van der Waals surface area (Å²) >= 11 is 0. The number of carboxylic acids is 1. The number of rotatable bonds is 9. The fourth-order valence-corrected chi connectivity index (χ4v) is 2.22. The summed E-state index contributed by atoms with van der Waals surface area (Å²) in [5.74, 6) is -1.67. The third-order valence-corrected chi connectivity index (χ3v) is 3.50. The molecule has 21 heavy (non-hydrogen) atoms. The second-order valence-corrected chi connectivity index (χ2v) is 5.31. The summed E-state index contributed by atoms with van der Waals surface area (Å²) in [5.41, 5.74) is 6.20. The Morgan fingerprint density at radius 1 is 1.24 bits per heavy atom. The predicted molar refractivity (Wildman–Crippen MR) is 82.6 cm³/mol. The second-order valence-electron chi connectivity index (χ2n) is 5.31. The molecule has 0 unspecified atom stereocenters. The molecule has 2 atom stereocenters. The summed E-state index contributed by atoms with van der Waals surface area (Å²) in [4.78, 5) is 23.1. The first-order valence-corrected chi connectivity index (χ1v) is 7.37. The minimum absolute atomic E-state index is 0.188. The van der Waals surface area contributed by atoms with Crippen molar-refractivity contribution in [3.05, 3.63) is 30.3 Å². The number of hydrazine groups is 1. The molecule has 0 aliphatic carbocycles. The van der Waals surface area contributed by atoms with Gasteiger partial charge in [-0.05, 0) is 24.5 Å². The zero-order valence-corrected chi connectivity index (χ0v) is 12.6. The highest BCUT2D eigenvalue weighted by Gasteiger charge is 2.25. The van der Waals surface area contributed by atoms with E-state index in [1.807, 2.05) is 44.2 Å². The van der Waals surface area contributed by atoms with Crippen LogP contribution in [-0.4, -0.2) is 17.0 Å². The Kier molecular flexibility index (Phi) is 7.29. The highest BCUT2D eigenvalue weighted by atomic mass is 16.4. The summed E-state index contributed by atoms with van der Waals surface area (Å²) in [6, 6.07) is 9.29. The van der Waals surface area contributed by atoms with E-state index in [9.17, 15) is 14.7 Å². The molecule has 116 valence electrons. The van der Waals surface area contributed by atoms with Gasteiger partial charge >= 0.3 is 5.97 Å². The molecule has 5 heteroatoms. The molecule has 0 aromatic heterocycles. The molecule has 0 bridgehead atoms. The summed E-state index contributed by atoms with van der Waals surface area (Å²) < 4.78 is 0. The van der Waals surface area contributed by atoms with Crippen LogP contribution in [0.2, 0.25) is 0 Å². The van der Waals surface area contributed by atoms with Crippen LogP contribution in [0.15, 0.2) is 30.3 Å². The average Bonchev–Trinajstić information content (AvgIpc) is 2.46. The Morgan fingerprint density at radius 2 is 1.90 bits per heavy atom. The van der Waals surface area contributed by atoms with E-state index in [1.165, 1.54) is 0 Å². The lowest BCUT2D eigenvalue weighted by molar-refractivity contribution is -0.144. The molecule has 0 aliphatic rings. The van der Waals surface area contributed by atoms with Crippen LogP contribution in [0.4, 0.5) is 5.69 Å². The van der Waals surface area contributed by atoms with Crippen LogP contribution in [0.5, 0.6) is 0 Å². The maximum absolute atomic E-state index is 11.9. The first kappa shape index (κ1) is 17.0. The van der Waals surface area contributed by atoms with E-state index in [2.05, 4.69) is 10.9 Å². The highest BCUT2D eigenvalue weighted by Crippen LogP contribution is 2.22.